The molecule has 0 radical (unpaired) electrons. The van der Waals surface area contributed by atoms with Gasteiger partial charge in [-0.05, 0) is 13.8 Å². The molecule has 1 aliphatic rings. The lowest BCUT2D eigenvalue weighted by atomic mass is 10.0. The van der Waals surface area contributed by atoms with E-state index in [9.17, 15) is 8.42 Å². The first-order valence-electron chi connectivity index (χ1n) is 6.23. The van der Waals surface area contributed by atoms with Crippen LogP contribution < -0.4 is 10.5 Å². The predicted molar refractivity (Wildman–Crippen MR) is 73.2 cm³/mol. The van der Waals surface area contributed by atoms with Crippen molar-refractivity contribution in [1.82, 2.24) is 13.9 Å². The number of nitrogens with one attached hydrogen (secondary N) is 1. The number of nitrogens with two attached hydrogens (primary N) is 1. The van der Waals surface area contributed by atoms with E-state index in [0.29, 0.717) is 32.7 Å². The lowest BCUT2D eigenvalue weighted by Gasteiger charge is -2.42. The molecule has 0 aromatic carbocycles. The Morgan fingerprint density at radius 1 is 1.37 bits per heavy atom. The number of hydrogen-bond acceptors (Lipinski definition) is 5. The topological polar surface area (TPSA) is 111 Å². The van der Waals surface area contributed by atoms with Gasteiger partial charge in [-0.1, -0.05) is 12.1 Å². The molecular weight excluding hydrogens is 270 g/mol. The first kappa shape index (κ1) is 16.2. The van der Waals surface area contributed by atoms with Gasteiger partial charge < -0.3 is 10.9 Å². The van der Waals surface area contributed by atoms with E-state index in [0.717, 1.165) is 0 Å². The van der Waals surface area contributed by atoms with Crippen molar-refractivity contribution in [3.05, 3.63) is 0 Å². The van der Waals surface area contributed by atoms with Crippen LogP contribution in [-0.4, -0.2) is 66.9 Å². The third-order valence-electron chi connectivity index (χ3n) is 3.43. The third-order valence-corrected chi connectivity index (χ3v) is 5.13. The predicted octanol–water partition coefficient (Wildman–Crippen LogP) is -1.02. The summed E-state index contributed by atoms with van der Waals surface area (Å²) < 4.78 is 27.6. The first-order chi connectivity index (χ1) is 8.75. The molecule has 0 spiro atoms. The van der Waals surface area contributed by atoms with E-state index in [1.54, 1.807) is 6.92 Å². The number of nitrogens with zero attached hydrogens (tertiary/aromatic N) is 3. The van der Waals surface area contributed by atoms with E-state index in [4.69, 9.17) is 10.9 Å². The number of amidine groups is 1. The minimum Gasteiger partial charge on any atom is -0.409 e. The van der Waals surface area contributed by atoms with Gasteiger partial charge >= 0.3 is 0 Å². The van der Waals surface area contributed by atoms with Gasteiger partial charge in [0.25, 0.3) is 10.2 Å². The summed E-state index contributed by atoms with van der Waals surface area (Å²) in [5.41, 5.74) is 5.07. The Hall–Kier alpha value is -0.900. The van der Waals surface area contributed by atoms with Crippen LogP contribution in [0, 0.1) is 0 Å². The van der Waals surface area contributed by atoms with Crippen LogP contribution in [-0.2, 0) is 10.2 Å². The van der Waals surface area contributed by atoms with Crippen LogP contribution in [0.15, 0.2) is 5.16 Å². The second kappa shape index (κ2) is 6.04. The summed E-state index contributed by atoms with van der Waals surface area (Å²) in [6.07, 6.45) is 0. The van der Waals surface area contributed by atoms with E-state index >= 15 is 0 Å². The Kier molecular flexibility index (Phi) is 5.13. The quantitative estimate of drug-likeness (QED) is 0.260. The molecule has 19 heavy (non-hydrogen) atoms. The fourth-order valence-corrected chi connectivity index (χ4v) is 3.24. The molecule has 1 fully saturated rings. The van der Waals surface area contributed by atoms with Gasteiger partial charge in [-0.15, -0.1) is 0 Å². The standard InChI is InChI=1S/C10H23N5O3S/c1-4-12-19(17,18)15-7-5-14(6-8-15)10(2,3)9(11)13-16/h12,16H,4-8H2,1-3H3,(H2,11,13). The van der Waals surface area contributed by atoms with Crippen molar-refractivity contribution in [1.29, 1.82) is 0 Å². The van der Waals surface area contributed by atoms with Gasteiger partial charge in [-0.3, -0.25) is 4.90 Å². The molecule has 4 N–H and O–H groups in total. The van der Waals surface area contributed by atoms with Crippen molar-refractivity contribution in [2.45, 2.75) is 26.3 Å². The first-order valence-corrected chi connectivity index (χ1v) is 7.67. The molecule has 1 heterocycles. The average Bonchev–Trinajstić information content (AvgIpc) is 2.37. The van der Waals surface area contributed by atoms with Crippen LogP contribution in [0.25, 0.3) is 0 Å². The third kappa shape index (κ3) is 3.56. The van der Waals surface area contributed by atoms with E-state index in [-0.39, 0.29) is 5.84 Å². The van der Waals surface area contributed by atoms with Crippen LogP contribution in [0.1, 0.15) is 20.8 Å². The molecule has 9 heteroatoms. The molecule has 0 aliphatic carbocycles. The van der Waals surface area contributed by atoms with Gasteiger partial charge in [0.05, 0.1) is 5.54 Å². The van der Waals surface area contributed by atoms with E-state index in [1.807, 2.05) is 18.7 Å². The fraction of sp³-hybridized carbons (Fsp3) is 0.900. The minimum absolute atomic E-state index is 0.121. The van der Waals surface area contributed by atoms with Gasteiger partial charge in [0.2, 0.25) is 0 Å². The van der Waals surface area contributed by atoms with E-state index in [1.165, 1.54) is 4.31 Å². The highest BCUT2D eigenvalue weighted by atomic mass is 32.2. The summed E-state index contributed by atoms with van der Waals surface area (Å²) in [5.74, 6) is 0.121. The molecule has 0 atom stereocenters. The van der Waals surface area contributed by atoms with Crippen LogP contribution in [0.2, 0.25) is 0 Å². The molecule has 1 saturated heterocycles. The highest BCUT2D eigenvalue weighted by Crippen LogP contribution is 2.18. The molecule has 1 aliphatic heterocycles. The number of rotatable bonds is 5. The number of hydrogen-bond donors (Lipinski definition) is 3. The van der Waals surface area contributed by atoms with Gasteiger partial charge in [-0.25, -0.2) is 4.72 Å². The summed E-state index contributed by atoms with van der Waals surface area (Å²) in [6, 6.07) is 0. The van der Waals surface area contributed by atoms with Crippen molar-refractivity contribution in [2.75, 3.05) is 32.7 Å². The largest absolute Gasteiger partial charge is 0.409 e. The van der Waals surface area contributed by atoms with Crippen molar-refractivity contribution in [2.24, 2.45) is 10.9 Å². The Bertz CT molecular complexity index is 426. The molecule has 8 nitrogen and oxygen atoms in total. The lowest BCUT2D eigenvalue weighted by Crippen LogP contribution is -2.61. The molecule has 0 aromatic heterocycles. The molecule has 0 amide bonds. The summed E-state index contributed by atoms with van der Waals surface area (Å²) >= 11 is 0. The second-order valence-electron chi connectivity index (χ2n) is 4.93. The average molecular weight is 293 g/mol. The summed E-state index contributed by atoms with van der Waals surface area (Å²) in [6.45, 7) is 7.65. The van der Waals surface area contributed by atoms with Crippen LogP contribution >= 0.6 is 0 Å². The van der Waals surface area contributed by atoms with Crippen molar-refractivity contribution >= 4 is 16.0 Å². The monoisotopic (exact) mass is 293 g/mol. The molecule has 1 rings (SSSR count). The fourth-order valence-electron chi connectivity index (χ4n) is 2.05. The summed E-state index contributed by atoms with van der Waals surface area (Å²) in [5, 5.41) is 11.8. The van der Waals surface area contributed by atoms with E-state index in [2.05, 4.69) is 9.88 Å². The maximum atomic E-state index is 11.8. The van der Waals surface area contributed by atoms with Gasteiger partial charge in [0, 0.05) is 32.7 Å². The second-order valence-corrected chi connectivity index (χ2v) is 6.69. The van der Waals surface area contributed by atoms with Crippen molar-refractivity contribution in [3.8, 4) is 0 Å². The number of oxime groups is 1. The molecule has 0 bridgehead atoms. The van der Waals surface area contributed by atoms with Gasteiger partial charge in [0.15, 0.2) is 5.84 Å². The molecule has 0 saturated carbocycles. The van der Waals surface area contributed by atoms with Crippen molar-refractivity contribution in [3.63, 3.8) is 0 Å². The van der Waals surface area contributed by atoms with Crippen LogP contribution in [0.3, 0.4) is 0 Å². The highest BCUT2D eigenvalue weighted by molar-refractivity contribution is 7.87. The molecular formula is C10H23N5O3S. The smallest absolute Gasteiger partial charge is 0.279 e. The molecule has 0 unspecified atom stereocenters. The summed E-state index contributed by atoms with van der Waals surface area (Å²) in [7, 11) is -3.38. The zero-order valence-corrected chi connectivity index (χ0v) is 12.4. The Morgan fingerprint density at radius 3 is 2.32 bits per heavy atom. The maximum Gasteiger partial charge on any atom is 0.279 e. The normalized spacial score (nSPS) is 20.7. The number of piperazine rings is 1. The molecule has 0 aromatic rings. The SMILES string of the molecule is CCNS(=O)(=O)N1CCN(C(C)(C)C(N)=NO)CC1. The Morgan fingerprint density at radius 2 is 1.89 bits per heavy atom. The maximum absolute atomic E-state index is 11.8. The van der Waals surface area contributed by atoms with Crippen LogP contribution in [0.5, 0.6) is 0 Å². The Labute approximate surface area is 114 Å². The highest BCUT2D eigenvalue weighted by Gasteiger charge is 2.36. The van der Waals surface area contributed by atoms with Crippen LogP contribution in [0.4, 0.5) is 0 Å². The summed E-state index contributed by atoms with van der Waals surface area (Å²) in [4.78, 5) is 2.00. The lowest BCUT2D eigenvalue weighted by molar-refractivity contribution is 0.118. The zero-order chi connectivity index (χ0) is 14.7. The molecule has 112 valence electrons. The zero-order valence-electron chi connectivity index (χ0n) is 11.6. The van der Waals surface area contributed by atoms with Gasteiger partial charge in [0.1, 0.15) is 0 Å². The Balaban J connectivity index is 2.68. The van der Waals surface area contributed by atoms with Crippen molar-refractivity contribution < 1.29 is 13.6 Å². The minimum atomic E-state index is -3.38. The van der Waals surface area contributed by atoms with E-state index < -0.39 is 15.7 Å². The van der Waals surface area contributed by atoms with Gasteiger partial charge in [-0.2, -0.15) is 12.7 Å².